The Balaban J connectivity index is 2.21. The zero-order valence-corrected chi connectivity index (χ0v) is 15.5. The summed E-state index contributed by atoms with van der Waals surface area (Å²) >= 11 is 0. The molecule has 2 rings (SSSR count). The molecule has 0 saturated carbocycles. The van der Waals surface area contributed by atoms with Crippen molar-refractivity contribution in [1.82, 2.24) is 5.32 Å². The summed E-state index contributed by atoms with van der Waals surface area (Å²) in [5, 5.41) is 12.0. The van der Waals surface area contributed by atoms with Gasteiger partial charge in [-0.3, -0.25) is 9.59 Å². The van der Waals surface area contributed by atoms with Gasteiger partial charge in [-0.2, -0.15) is 0 Å². The quantitative estimate of drug-likeness (QED) is 0.702. The fraction of sp³-hybridized carbons (Fsp3) is 0.300. The summed E-state index contributed by atoms with van der Waals surface area (Å²) < 4.78 is 15.7. The zero-order valence-electron chi connectivity index (χ0n) is 15.5. The molecule has 27 heavy (non-hydrogen) atoms. The lowest BCUT2D eigenvalue weighted by molar-refractivity contribution is -0.137. The van der Waals surface area contributed by atoms with E-state index >= 15 is 0 Å². The Bertz CT molecular complexity index is 805. The molecule has 2 aromatic carbocycles. The average molecular weight is 373 g/mol. The Hall–Kier alpha value is -3.22. The molecule has 0 fully saturated rings. The van der Waals surface area contributed by atoms with Crippen LogP contribution < -0.4 is 19.5 Å². The Morgan fingerprint density at radius 1 is 0.963 bits per heavy atom. The first-order chi connectivity index (χ1) is 13.0. The topological polar surface area (TPSA) is 94.1 Å². The van der Waals surface area contributed by atoms with Crippen LogP contribution in [0.5, 0.6) is 17.2 Å². The SMILES string of the molecule is COc1ccccc1CC(=O)NC(CC(=O)O)c1ccc(OC)c(OC)c1. The maximum absolute atomic E-state index is 12.5. The van der Waals surface area contributed by atoms with Gasteiger partial charge in [0.15, 0.2) is 11.5 Å². The summed E-state index contributed by atoms with van der Waals surface area (Å²) in [4.78, 5) is 23.8. The van der Waals surface area contributed by atoms with Gasteiger partial charge in [-0.25, -0.2) is 0 Å². The van der Waals surface area contributed by atoms with Gasteiger partial charge in [0, 0.05) is 5.56 Å². The number of carboxylic acid groups (broad SMARTS) is 1. The van der Waals surface area contributed by atoms with Crippen molar-refractivity contribution < 1.29 is 28.9 Å². The molecule has 1 unspecified atom stereocenters. The summed E-state index contributed by atoms with van der Waals surface area (Å²) in [6.07, 6.45) is -0.180. The molecule has 0 radical (unpaired) electrons. The molecule has 7 heteroatoms. The monoisotopic (exact) mass is 373 g/mol. The van der Waals surface area contributed by atoms with E-state index in [9.17, 15) is 14.7 Å². The number of carbonyl (C=O) groups excluding carboxylic acids is 1. The summed E-state index contributed by atoms with van der Waals surface area (Å²) in [5.74, 6) is 0.265. The van der Waals surface area contributed by atoms with Crippen molar-refractivity contribution in [1.29, 1.82) is 0 Å². The summed E-state index contributed by atoms with van der Waals surface area (Å²) in [7, 11) is 4.54. The lowest BCUT2D eigenvalue weighted by Crippen LogP contribution is -2.31. The lowest BCUT2D eigenvalue weighted by atomic mass is 10.0. The Kier molecular flexibility index (Phi) is 7.05. The van der Waals surface area contributed by atoms with Gasteiger partial charge in [-0.15, -0.1) is 0 Å². The van der Waals surface area contributed by atoms with Crippen molar-refractivity contribution in [2.75, 3.05) is 21.3 Å². The number of carboxylic acids is 1. The normalized spacial score (nSPS) is 11.4. The summed E-state index contributed by atoms with van der Waals surface area (Å²) in [5.41, 5.74) is 1.34. The molecule has 1 amide bonds. The number of ether oxygens (including phenoxy) is 3. The van der Waals surface area contributed by atoms with E-state index in [4.69, 9.17) is 14.2 Å². The molecule has 2 aromatic rings. The molecule has 0 aliphatic heterocycles. The highest BCUT2D eigenvalue weighted by atomic mass is 16.5. The van der Waals surface area contributed by atoms with Crippen molar-refractivity contribution >= 4 is 11.9 Å². The number of hydrogen-bond acceptors (Lipinski definition) is 5. The lowest BCUT2D eigenvalue weighted by Gasteiger charge is -2.19. The standard InChI is InChI=1S/C20H23NO6/c1-25-16-7-5-4-6-14(16)11-19(22)21-15(12-20(23)24)13-8-9-17(26-2)18(10-13)27-3/h4-10,15H,11-12H2,1-3H3,(H,21,22)(H,23,24). The number of benzene rings is 2. The van der Waals surface area contributed by atoms with E-state index < -0.39 is 12.0 Å². The zero-order chi connectivity index (χ0) is 19.8. The maximum Gasteiger partial charge on any atom is 0.305 e. The van der Waals surface area contributed by atoms with Gasteiger partial charge in [-0.1, -0.05) is 24.3 Å². The molecule has 0 spiro atoms. The van der Waals surface area contributed by atoms with E-state index in [0.29, 0.717) is 22.8 Å². The van der Waals surface area contributed by atoms with Gasteiger partial charge in [0.05, 0.1) is 40.2 Å². The van der Waals surface area contributed by atoms with Crippen molar-refractivity contribution in [3.05, 3.63) is 53.6 Å². The highest BCUT2D eigenvalue weighted by Crippen LogP contribution is 2.31. The largest absolute Gasteiger partial charge is 0.496 e. The summed E-state index contributed by atoms with van der Waals surface area (Å²) in [6.45, 7) is 0. The van der Waals surface area contributed by atoms with E-state index in [2.05, 4.69) is 5.32 Å². The van der Waals surface area contributed by atoms with Crippen LogP contribution >= 0.6 is 0 Å². The van der Waals surface area contributed by atoms with Gasteiger partial charge in [0.25, 0.3) is 0 Å². The van der Waals surface area contributed by atoms with Crippen LogP contribution in [0.1, 0.15) is 23.6 Å². The third-order valence-electron chi connectivity index (χ3n) is 4.07. The fourth-order valence-corrected chi connectivity index (χ4v) is 2.76. The molecule has 0 saturated heterocycles. The number of aliphatic carboxylic acids is 1. The second kappa shape index (κ2) is 9.47. The first-order valence-electron chi connectivity index (χ1n) is 8.33. The molecule has 144 valence electrons. The van der Waals surface area contributed by atoms with Gasteiger partial charge < -0.3 is 24.6 Å². The minimum absolute atomic E-state index is 0.0768. The Morgan fingerprint density at radius 2 is 1.63 bits per heavy atom. The molecule has 0 aromatic heterocycles. The fourth-order valence-electron chi connectivity index (χ4n) is 2.76. The maximum atomic E-state index is 12.5. The molecule has 0 aliphatic rings. The number of para-hydroxylation sites is 1. The number of carbonyl (C=O) groups is 2. The number of hydrogen-bond donors (Lipinski definition) is 2. The third kappa shape index (κ3) is 5.37. The minimum atomic E-state index is -1.02. The number of nitrogens with one attached hydrogen (secondary N) is 1. The van der Waals surface area contributed by atoms with E-state index in [0.717, 1.165) is 5.56 Å². The molecule has 7 nitrogen and oxygen atoms in total. The van der Waals surface area contributed by atoms with E-state index in [-0.39, 0.29) is 18.7 Å². The predicted molar refractivity (Wildman–Crippen MR) is 99.4 cm³/mol. The smallest absolute Gasteiger partial charge is 0.305 e. The predicted octanol–water partition coefficient (Wildman–Crippen LogP) is 2.59. The van der Waals surface area contributed by atoms with E-state index in [1.165, 1.54) is 21.3 Å². The Morgan fingerprint density at radius 3 is 2.26 bits per heavy atom. The molecule has 0 bridgehead atoms. The van der Waals surface area contributed by atoms with E-state index in [1.807, 2.05) is 12.1 Å². The number of rotatable bonds is 9. The van der Waals surface area contributed by atoms with Crippen molar-refractivity contribution in [3.8, 4) is 17.2 Å². The number of amides is 1. The molecule has 2 N–H and O–H groups in total. The second-order valence-electron chi connectivity index (χ2n) is 5.82. The van der Waals surface area contributed by atoms with Crippen LogP contribution in [-0.4, -0.2) is 38.3 Å². The molecule has 1 atom stereocenters. The van der Waals surface area contributed by atoms with Crippen molar-refractivity contribution in [3.63, 3.8) is 0 Å². The van der Waals surface area contributed by atoms with Gasteiger partial charge in [-0.05, 0) is 23.8 Å². The molecule has 0 aliphatic carbocycles. The molecular weight excluding hydrogens is 350 g/mol. The molecule has 0 heterocycles. The average Bonchev–Trinajstić information content (AvgIpc) is 2.66. The van der Waals surface area contributed by atoms with Crippen LogP contribution in [0, 0.1) is 0 Å². The second-order valence-corrected chi connectivity index (χ2v) is 5.82. The van der Waals surface area contributed by atoms with Crippen LogP contribution in [0.2, 0.25) is 0 Å². The van der Waals surface area contributed by atoms with Crippen molar-refractivity contribution in [2.45, 2.75) is 18.9 Å². The Labute approximate surface area is 157 Å². The third-order valence-corrected chi connectivity index (χ3v) is 4.07. The van der Waals surface area contributed by atoms with Gasteiger partial charge in [0.2, 0.25) is 5.91 Å². The minimum Gasteiger partial charge on any atom is -0.496 e. The molecular formula is C20H23NO6. The van der Waals surface area contributed by atoms with Crippen LogP contribution in [0.3, 0.4) is 0 Å². The van der Waals surface area contributed by atoms with Crippen LogP contribution in [0.4, 0.5) is 0 Å². The van der Waals surface area contributed by atoms with Crippen LogP contribution in [0.25, 0.3) is 0 Å². The number of methoxy groups -OCH3 is 3. The summed E-state index contributed by atoms with van der Waals surface area (Å²) in [6, 6.07) is 11.5. The highest BCUT2D eigenvalue weighted by Gasteiger charge is 2.20. The first-order valence-corrected chi connectivity index (χ1v) is 8.33. The van der Waals surface area contributed by atoms with Gasteiger partial charge >= 0.3 is 5.97 Å². The van der Waals surface area contributed by atoms with Crippen LogP contribution in [-0.2, 0) is 16.0 Å². The highest BCUT2D eigenvalue weighted by molar-refractivity contribution is 5.80. The van der Waals surface area contributed by atoms with Crippen molar-refractivity contribution in [2.24, 2.45) is 0 Å². The first kappa shape index (κ1) is 20.1. The van der Waals surface area contributed by atoms with E-state index in [1.54, 1.807) is 30.3 Å². The van der Waals surface area contributed by atoms with Crippen LogP contribution in [0.15, 0.2) is 42.5 Å². The van der Waals surface area contributed by atoms with Gasteiger partial charge in [0.1, 0.15) is 5.75 Å².